The van der Waals surface area contributed by atoms with Crippen molar-refractivity contribution in [1.82, 2.24) is 4.90 Å². The molecule has 25 heavy (non-hydrogen) atoms. The van der Waals surface area contributed by atoms with Crippen LogP contribution in [0.15, 0.2) is 41.1 Å². The number of thiophene rings is 1. The van der Waals surface area contributed by atoms with Crippen LogP contribution in [0.4, 0.5) is 13.2 Å². The van der Waals surface area contributed by atoms with Gasteiger partial charge < -0.3 is 5.11 Å². The molecule has 1 atom stereocenters. The highest BCUT2D eigenvalue weighted by Crippen LogP contribution is 2.35. The minimum atomic E-state index is -4.35. The maximum Gasteiger partial charge on any atom is 0.416 e. The average Bonchev–Trinajstić information content (AvgIpc) is 3.09. The molecule has 2 aromatic rings. The maximum atomic E-state index is 12.8. The van der Waals surface area contributed by atoms with Crippen LogP contribution >= 0.6 is 11.3 Å². The third-order valence-electron chi connectivity index (χ3n) is 4.66. The Kier molecular flexibility index (Phi) is 5.15. The van der Waals surface area contributed by atoms with Gasteiger partial charge in [0.1, 0.15) is 0 Å². The van der Waals surface area contributed by atoms with Gasteiger partial charge in [-0.2, -0.15) is 24.5 Å². The van der Waals surface area contributed by atoms with E-state index in [-0.39, 0.29) is 12.0 Å². The molecule has 3 nitrogen and oxygen atoms in total. The normalized spacial score (nSPS) is 18.2. The van der Waals surface area contributed by atoms with E-state index in [4.69, 9.17) is 5.11 Å². The van der Waals surface area contributed by atoms with Crippen LogP contribution in [0.25, 0.3) is 0 Å². The summed E-state index contributed by atoms with van der Waals surface area (Å²) in [6, 6.07) is 7.08. The van der Waals surface area contributed by atoms with Gasteiger partial charge in [-0.25, -0.2) is 0 Å². The Labute approximate surface area is 147 Å². The van der Waals surface area contributed by atoms with E-state index in [1.54, 1.807) is 0 Å². The number of alkyl halides is 3. The average molecular weight is 369 g/mol. The van der Waals surface area contributed by atoms with Crippen molar-refractivity contribution < 1.29 is 23.1 Å². The molecule has 1 fully saturated rings. The van der Waals surface area contributed by atoms with E-state index >= 15 is 0 Å². The highest BCUT2D eigenvalue weighted by molar-refractivity contribution is 7.08. The first kappa shape index (κ1) is 17.9. The van der Waals surface area contributed by atoms with E-state index in [9.17, 15) is 18.0 Å². The number of benzene rings is 1. The molecular formula is C18H18F3NO2S. The predicted molar refractivity (Wildman–Crippen MR) is 89.5 cm³/mol. The van der Waals surface area contributed by atoms with E-state index in [0.717, 1.165) is 23.3 Å². The summed E-state index contributed by atoms with van der Waals surface area (Å²) in [4.78, 5) is 13.3. The van der Waals surface area contributed by atoms with Crippen LogP contribution in [0.2, 0.25) is 0 Å². The number of rotatable bonds is 4. The summed E-state index contributed by atoms with van der Waals surface area (Å²) in [5, 5.41) is 13.1. The summed E-state index contributed by atoms with van der Waals surface area (Å²) in [6.45, 7) is 1.22. The summed E-state index contributed by atoms with van der Waals surface area (Å²) in [7, 11) is 0. The molecule has 1 aromatic heterocycles. The highest BCUT2D eigenvalue weighted by Gasteiger charge is 2.32. The third-order valence-corrected chi connectivity index (χ3v) is 5.36. The number of carboxylic acids is 1. The number of aliphatic carboxylic acids is 1. The zero-order valence-electron chi connectivity index (χ0n) is 13.4. The zero-order valence-corrected chi connectivity index (χ0v) is 14.2. The van der Waals surface area contributed by atoms with Gasteiger partial charge in [0.15, 0.2) is 0 Å². The minimum absolute atomic E-state index is 0.150. The lowest BCUT2D eigenvalue weighted by Crippen LogP contribution is -2.39. The van der Waals surface area contributed by atoms with Gasteiger partial charge in [-0.1, -0.05) is 12.1 Å². The molecule has 1 aromatic carbocycles. The van der Waals surface area contributed by atoms with Gasteiger partial charge in [0, 0.05) is 0 Å². The molecule has 134 valence electrons. The lowest BCUT2D eigenvalue weighted by atomic mass is 9.92. The van der Waals surface area contributed by atoms with Crippen LogP contribution in [0, 0.1) is 5.92 Å². The molecule has 0 saturated carbocycles. The fraction of sp³-hybridized carbons (Fsp3) is 0.389. The van der Waals surface area contributed by atoms with Crippen molar-refractivity contribution >= 4 is 17.3 Å². The van der Waals surface area contributed by atoms with Gasteiger partial charge in [0.2, 0.25) is 0 Å². The van der Waals surface area contributed by atoms with Gasteiger partial charge >= 0.3 is 12.1 Å². The second kappa shape index (κ2) is 7.17. The molecule has 1 N–H and O–H groups in total. The van der Waals surface area contributed by atoms with Crippen LogP contribution in [-0.2, 0) is 11.0 Å². The molecule has 2 heterocycles. The standard InChI is InChI=1S/C18H18F3NO2S/c19-18(20,21)15-3-1-12(2-4-15)16(14-7-10-25-11-14)22-8-5-13(6-9-22)17(23)24/h1-4,7,10-11,13,16H,5-6,8-9H2,(H,23,24). The van der Waals surface area contributed by atoms with E-state index in [2.05, 4.69) is 4.90 Å². The summed E-state index contributed by atoms with van der Waals surface area (Å²) >= 11 is 1.54. The Bertz CT molecular complexity index is 705. The molecule has 1 aliphatic heterocycles. The lowest BCUT2D eigenvalue weighted by Gasteiger charge is -2.36. The second-order valence-electron chi connectivity index (χ2n) is 6.23. The van der Waals surface area contributed by atoms with Gasteiger partial charge in [-0.3, -0.25) is 9.69 Å². The number of carbonyl (C=O) groups is 1. The van der Waals surface area contributed by atoms with Crippen molar-refractivity contribution in [3.63, 3.8) is 0 Å². The molecule has 7 heteroatoms. The van der Waals surface area contributed by atoms with Crippen molar-refractivity contribution in [2.24, 2.45) is 5.92 Å². The number of halogens is 3. The van der Waals surface area contributed by atoms with Gasteiger partial charge in [0.25, 0.3) is 0 Å². The fourth-order valence-corrected chi connectivity index (χ4v) is 3.98. The molecule has 0 amide bonds. The van der Waals surface area contributed by atoms with Crippen molar-refractivity contribution in [1.29, 1.82) is 0 Å². The first-order chi connectivity index (χ1) is 11.9. The Morgan fingerprint density at radius 1 is 1.12 bits per heavy atom. The molecule has 1 unspecified atom stereocenters. The Morgan fingerprint density at radius 3 is 2.24 bits per heavy atom. The lowest BCUT2D eigenvalue weighted by molar-refractivity contribution is -0.143. The summed E-state index contributed by atoms with van der Waals surface area (Å²) in [5.41, 5.74) is 1.16. The van der Waals surface area contributed by atoms with Crippen molar-refractivity contribution in [3.8, 4) is 0 Å². The molecule has 3 rings (SSSR count). The van der Waals surface area contributed by atoms with Crippen molar-refractivity contribution in [2.45, 2.75) is 25.1 Å². The summed E-state index contributed by atoms with van der Waals surface area (Å²) in [5.74, 6) is -1.12. The number of likely N-dealkylation sites (tertiary alicyclic amines) is 1. The van der Waals surface area contributed by atoms with Crippen LogP contribution in [-0.4, -0.2) is 29.1 Å². The first-order valence-corrected chi connectivity index (χ1v) is 8.96. The number of hydrogen-bond acceptors (Lipinski definition) is 3. The first-order valence-electron chi connectivity index (χ1n) is 8.02. The quantitative estimate of drug-likeness (QED) is 0.853. The van der Waals surface area contributed by atoms with E-state index < -0.39 is 17.7 Å². The van der Waals surface area contributed by atoms with Crippen LogP contribution in [0.1, 0.15) is 35.6 Å². The smallest absolute Gasteiger partial charge is 0.416 e. The molecule has 0 bridgehead atoms. The third kappa shape index (κ3) is 4.04. The molecule has 0 spiro atoms. The molecule has 1 aliphatic rings. The van der Waals surface area contributed by atoms with Crippen molar-refractivity contribution in [3.05, 3.63) is 57.8 Å². The predicted octanol–water partition coefficient (Wildman–Crippen LogP) is 4.65. The maximum absolute atomic E-state index is 12.8. The Morgan fingerprint density at radius 2 is 1.76 bits per heavy atom. The monoisotopic (exact) mass is 369 g/mol. The molecule has 1 saturated heterocycles. The summed E-state index contributed by atoms with van der Waals surface area (Å²) < 4.78 is 38.4. The largest absolute Gasteiger partial charge is 0.481 e. The SMILES string of the molecule is O=C(O)C1CCN(C(c2ccc(C(F)(F)F)cc2)c2ccsc2)CC1. The minimum Gasteiger partial charge on any atom is -0.481 e. The fourth-order valence-electron chi connectivity index (χ4n) is 3.30. The van der Waals surface area contributed by atoms with Crippen LogP contribution in [0.5, 0.6) is 0 Å². The zero-order chi connectivity index (χ0) is 18.0. The Hall–Kier alpha value is -1.86. The van der Waals surface area contributed by atoms with Gasteiger partial charge in [-0.15, -0.1) is 0 Å². The molecule has 0 radical (unpaired) electrons. The van der Waals surface area contributed by atoms with Crippen LogP contribution in [0.3, 0.4) is 0 Å². The highest BCUT2D eigenvalue weighted by atomic mass is 32.1. The van der Waals surface area contributed by atoms with E-state index in [1.807, 2.05) is 16.8 Å². The molecular weight excluding hydrogens is 351 g/mol. The number of piperidine rings is 1. The Balaban J connectivity index is 1.85. The number of hydrogen-bond donors (Lipinski definition) is 1. The number of nitrogens with zero attached hydrogens (tertiary/aromatic N) is 1. The topological polar surface area (TPSA) is 40.5 Å². The van der Waals surface area contributed by atoms with E-state index in [0.29, 0.717) is 25.9 Å². The van der Waals surface area contributed by atoms with E-state index in [1.165, 1.54) is 23.5 Å². The van der Waals surface area contributed by atoms with Crippen molar-refractivity contribution in [2.75, 3.05) is 13.1 Å². The number of carboxylic acid groups (broad SMARTS) is 1. The van der Waals surface area contributed by atoms with Crippen LogP contribution < -0.4 is 0 Å². The molecule has 0 aliphatic carbocycles. The summed E-state index contributed by atoms with van der Waals surface area (Å²) in [6.07, 6.45) is -3.25. The second-order valence-corrected chi connectivity index (χ2v) is 7.01. The van der Waals surface area contributed by atoms with Gasteiger partial charge in [-0.05, 0) is 66.0 Å². The van der Waals surface area contributed by atoms with Gasteiger partial charge in [0.05, 0.1) is 17.5 Å².